The average molecular weight is 373 g/mol. The summed E-state index contributed by atoms with van der Waals surface area (Å²) in [6, 6.07) is 15.7. The zero-order chi connectivity index (χ0) is 20.1. The fraction of sp³-hybridized carbons (Fsp3) is 0.0455. The van der Waals surface area contributed by atoms with E-state index in [0.29, 0.717) is 11.1 Å². The Morgan fingerprint density at radius 1 is 1.00 bits per heavy atom. The molecule has 0 unspecified atom stereocenters. The largest absolute Gasteiger partial charge is 0.366 e. The molecule has 0 aliphatic carbocycles. The van der Waals surface area contributed by atoms with Crippen LogP contribution in [0.3, 0.4) is 0 Å². The number of aromatic nitrogens is 2. The van der Waals surface area contributed by atoms with Gasteiger partial charge in [0.15, 0.2) is 0 Å². The van der Waals surface area contributed by atoms with Gasteiger partial charge in [0.1, 0.15) is 10.7 Å². The third-order valence-corrected chi connectivity index (χ3v) is 4.17. The van der Waals surface area contributed by atoms with Crippen molar-refractivity contribution < 1.29 is 4.79 Å². The molecule has 1 aromatic heterocycles. The van der Waals surface area contributed by atoms with E-state index in [4.69, 9.17) is 5.73 Å². The van der Waals surface area contributed by atoms with Crippen molar-refractivity contribution in [1.29, 1.82) is 0 Å². The lowest BCUT2D eigenvalue weighted by Gasteiger charge is -2.04. The van der Waals surface area contributed by atoms with Gasteiger partial charge in [0.05, 0.1) is 0 Å². The molecule has 1 heterocycles. The number of amides is 1. The minimum Gasteiger partial charge on any atom is -0.366 e. The second-order valence-electron chi connectivity index (χ2n) is 6.14. The summed E-state index contributed by atoms with van der Waals surface area (Å²) in [7, 11) is 0. The van der Waals surface area contributed by atoms with Crippen LogP contribution < -0.4 is 27.6 Å². The maximum Gasteiger partial charge on any atom is 0.275 e. The number of primary amides is 1. The smallest absolute Gasteiger partial charge is 0.275 e. The number of allylic oxidation sites excluding steroid dienone is 1. The minimum absolute atomic E-state index is 0.142. The number of carbonyl (C=O) groups is 1. The Labute approximate surface area is 160 Å². The first-order valence-corrected chi connectivity index (χ1v) is 8.62. The highest BCUT2D eigenvalue weighted by atomic mass is 16.1. The molecular weight excluding hydrogens is 354 g/mol. The topological polar surface area (TPSA) is 97.9 Å². The highest BCUT2D eigenvalue weighted by molar-refractivity contribution is 5.92. The number of nitrogens with zero attached hydrogens (tertiary/aromatic N) is 1. The van der Waals surface area contributed by atoms with Gasteiger partial charge >= 0.3 is 0 Å². The van der Waals surface area contributed by atoms with Crippen molar-refractivity contribution in [2.24, 2.45) is 5.73 Å². The molecular formula is C22H19N3O3. The Kier molecular flexibility index (Phi) is 5.50. The van der Waals surface area contributed by atoms with Crippen LogP contribution in [0.25, 0.3) is 12.2 Å². The van der Waals surface area contributed by atoms with Gasteiger partial charge in [0.2, 0.25) is 5.91 Å². The number of carbonyl (C=O) groups excluding carboxylic acids is 1. The van der Waals surface area contributed by atoms with Gasteiger partial charge in [0, 0.05) is 12.1 Å². The molecule has 2 aromatic carbocycles. The Balaban J connectivity index is 2.21. The summed E-state index contributed by atoms with van der Waals surface area (Å²) in [5, 5.41) is 0.390. The molecule has 0 saturated heterocycles. The van der Waals surface area contributed by atoms with Crippen LogP contribution in [0.15, 0.2) is 76.8 Å². The number of rotatable bonds is 5. The lowest BCUT2D eigenvalue weighted by molar-refractivity contribution is 0.100. The summed E-state index contributed by atoms with van der Waals surface area (Å²) in [5.74, 6) is -0.533. The van der Waals surface area contributed by atoms with E-state index in [1.165, 1.54) is 4.57 Å². The Bertz CT molecular complexity index is 1250. The number of nitrogens with two attached hydrogens (primary N) is 1. The van der Waals surface area contributed by atoms with Crippen molar-refractivity contribution >= 4 is 18.1 Å². The SMILES string of the molecule is C=CCn1c(=O)/c(=C/c2ccc(C(N)=O)cc2)[nH]c(=O)/c1=C/c1ccccc1. The van der Waals surface area contributed by atoms with Gasteiger partial charge in [-0.1, -0.05) is 48.5 Å². The Hall–Kier alpha value is -3.93. The summed E-state index contributed by atoms with van der Waals surface area (Å²) in [6.07, 6.45) is 4.78. The van der Waals surface area contributed by atoms with Crippen LogP contribution in [0.1, 0.15) is 21.5 Å². The van der Waals surface area contributed by atoms with Crippen LogP contribution >= 0.6 is 0 Å². The van der Waals surface area contributed by atoms with Gasteiger partial charge in [-0.2, -0.15) is 0 Å². The van der Waals surface area contributed by atoms with E-state index in [2.05, 4.69) is 11.6 Å². The predicted octanol–water partition coefficient (Wildman–Crippen LogP) is 0.479. The van der Waals surface area contributed by atoms with E-state index in [1.807, 2.05) is 30.3 Å². The molecule has 0 aliphatic rings. The first kappa shape index (κ1) is 18.8. The van der Waals surface area contributed by atoms with Gasteiger partial charge < -0.3 is 10.7 Å². The lowest BCUT2D eigenvalue weighted by atomic mass is 10.1. The van der Waals surface area contributed by atoms with Crippen molar-refractivity contribution in [2.75, 3.05) is 0 Å². The molecule has 0 atom stereocenters. The lowest BCUT2D eigenvalue weighted by Crippen LogP contribution is -2.53. The quantitative estimate of drug-likeness (QED) is 0.637. The monoisotopic (exact) mass is 373 g/mol. The number of aromatic amines is 1. The predicted molar refractivity (Wildman–Crippen MR) is 109 cm³/mol. The molecule has 0 fully saturated rings. The molecule has 0 bridgehead atoms. The molecule has 6 heteroatoms. The van der Waals surface area contributed by atoms with Crippen molar-refractivity contribution in [2.45, 2.75) is 6.54 Å². The summed E-state index contributed by atoms with van der Waals surface area (Å²) in [4.78, 5) is 39.4. The van der Waals surface area contributed by atoms with E-state index in [1.54, 1.807) is 42.5 Å². The van der Waals surface area contributed by atoms with Gasteiger partial charge in [-0.15, -0.1) is 6.58 Å². The summed E-state index contributed by atoms with van der Waals surface area (Å²) >= 11 is 0. The van der Waals surface area contributed by atoms with E-state index in [9.17, 15) is 14.4 Å². The Morgan fingerprint density at radius 3 is 2.25 bits per heavy atom. The van der Waals surface area contributed by atoms with Gasteiger partial charge in [-0.25, -0.2) is 0 Å². The molecule has 0 radical (unpaired) electrons. The zero-order valence-corrected chi connectivity index (χ0v) is 15.1. The van der Waals surface area contributed by atoms with Crippen molar-refractivity contribution in [3.05, 3.63) is 115 Å². The number of benzene rings is 2. The zero-order valence-electron chi connectivity index (χ0n) is 15.1. The van der Waals surface area contributed by atoms with Crippen LogP contribution in [-0.4, -0.2) is 15.5 Å². The molecule has 140 valence electrons. The molecule has 0 aliphatic heterocycles. The fourth-order valence-electron chi connectivity index (χ4n) is 2.79. The average Bonchev–Trinajstić information content (AvgIpc) is 2.69. The first-order chi connectivity index (χ1) is 13.5. The second-order valence-corrected chi connectivity index (χ2v) is 6.14. The summed E-state index contributed by atoms with van der Waals surface area (Å²) < 4.78 is 1.38. The molecule has 6 nitrogen and oxygen atoms in total. The van der Waals surface area contributed by atoms with Gasteiger partial charge in [0.25, 0.3) is 11.1 Å². The maximum absolute atomic E-state index is 12.9. The third kappa shape index (κ3) is 4.07. The molecule has 3 rings (SSSR count). The molecule has 3 aromatic rings. The van der Waals surface area contributed by atoms with Crippen molar-refractivity contribution in [3.63, 3.8) is 0 Å². The molecule has 3 N–H and O–H groups in total. The summed E-state index contributed by atoms with van der Waals surface area (Å²) in [6.45, 7) is 3.87. The number of nitrogens with one attached hydrogen (secondary N) is 1. The highest BCUT2D eigenvalue weighted by Gasteiger charge is 2.05. The van der Waals surface area contributed by atoms with Crippen LogP contribution in [0.4, 0.5) is 0 Å². The van der Waals surface area contributed by atoms with E-state index in [0.717, 1.165) is 5.56 Å². The van der Waals surface area contributed by atoms with Gasteiger partial charge in [-0.3, -0.25) is 19.0 Å². The number of hydrogen-bond donors (Lipinski definition) is 2. The number of H-pyrrole nitrogens is 1. The van der Waals surface area contributed by atoms with E-state index >= 15 is 0 Å². The first-order valence-electron chi connectivity index (χ1n) is 8.62. The maximum atomic E-state index is 12.9. The molecule has 1 amide bonds. The van der Waals surface area contributed by atoms with Crippen LogP contribution in [0, 0.1) is 0 Å². The minimum atomic E-state index is -0.533. The standard InChI is InChI=1S/C22H19N3O3/c1-2-12-25-19(14-15-6-4-3-5-7-15)21(27)24-18(22(25)28)13-16-8-10-17(11-9-16)20(23)26/h2-11,13-14H,1,12H2,(H2,23,26)(H,24,27)/b18-13-,19-14-. The summed E-state index contributed by atoms with van der Waals surface area (Å²) in [5.41, 5.74) is 6.33. The van der Waals surface area contributed by atoms with E-state index < -0.39 is 5.91 Å². The Morgan fingerprint density at radius 2 is 1.64 bits per heavy atom. The fourth-order valence-corrected chi connectivity index (χ4v) is 2.79. The highest BCUT2D eigenvalue weighted by Crippen LogP contribution is 2.03. The molecule has 0 saturated carbocycles. The van der Waals surface area contributed by atoms with Gasteiger partial charge in [-0.05, 0) is 35.4 Å². The molecule has 28 heavy (non-hydrogen) atoms. The van der Waals surface area contributed by atoms with Crippen LogP contribution in [0.2, 0.25) is 0 Å². The van der Waals surface area contributed by atoms with Crippen LogP contribution in [-0.2, 0) is 6.54 Å². The third-order valence-electron chi connectivity index (χ3n) is 4.17. The second kappa shape index (κ2) is 8.18. The van der Waals surface area contributed by atoms with Crippen molar-refractivity contribution in [1.82, 2.24) is 9.55 Å². The normalized spacial score (nSPS) is 12.1. The van der Waals surface area contributed by atoms with Crippen LogP contribution in [0.5, 0.6) is 0 Å². The van der Waals surface area contributed by atoms with E-state index in [-0.39, 0.29) is 28.4 Å². The molecule has 0 spiro atoms. The number of hydrogen-bond acceptors (Lipinski definition) is 3. The van der Waals surface area contributed by atoms with Crippen molar-refractivity contribution in [3.8, 4) is 0 Å².